The summed E-state index contributed by atoms with van der Waals surface area (Å²) >= 11 is 0. The largest absolute Gasteiger partial charge is 0.396 e. The summed E-state index contributed by atoms with van der Waals surface area (Å²) in [7, 11) is 0. The van der Waals surface area contributed by atoms with E-state index in [0.29, 0.717) is 13.0 Å². The molecule has 1 rings (SSSR count). The lowest BCUT2D eigenvalue weighted by Crippen LogP contribution is -2.25. The summed E-state index contributed by atoms with van der Waals surface area (Å²) < 4.78 is 0. The number of carbonyl (C=O) groups is 1. The predicted molar refractivity (Wildman–Crippen MR) is 138 cm³/mol. The van der Waals surface area contributed by atoms with Gasteiger partial charge in [-0.25, -0.2) is 0 Å². The number of unbranched alkanes of at least 4 members (excludes halogenated alkanes) is 11. The molecule has 1 heterocycles. The van der Waals surface area contributed by atoms with Crippen molar-refractivity contribution in [1.82, 2.24) is 5.32 Å². The van der Waals surface area contributed by atoms with E-state index in [-0.39, 0.29) is 5.91 Å². The van der Waals surface area contributed by atoms with Crippen LogP contribution < -0.4 is 5.32 Å². The first kappa shape index (κ1) is 29.0. The van der Waals surface area contributed by atoms with Crippen molar-refractivity contribution in [3.05, 3.63) is 0 Å². The van der Waals surface area contributed by atoms with Gasteiger partial charge in [0.2, 0.25) is 5.91 Å². The van der Waals surface area contributed by atoms with Crippen molar-refractivity contribution >= 4 is 11.6 Å². The Bertz CT molecular complexity index is 451. The van der Waals surface area contributed by atoms with Crippen LogP contribution in [-0.2, 0) is 9.63 Å². The van der Waals surface area contributed by atoms with Crippen molar-refractivity contribution in [3.63, 3.8) is 0 Å². The average Bonchev–Trinajstić information content (AvgIpc) is 2.80. The van der Waals surface area contributed by atoms with Crippen LogP contribution in [0.4, 0.5) is 0 Å². The molecule has 1 saturated heterocycles. The molecule has 0 atom stereocenters. The Kier molecular flexibility index (Phi) is 20.9. The van der Waals surface area contributed by atoms with Crippen LogP contribution in [0.3, 0.4) is 0 Å². The van der Waals surface area contributed by atoms with Gasteiger partial charge in [-0.05, 0) is 32.1 Å². The SMILES string of the molecule is CCCCCCCCCCCCCCO/N=C1/CCCCCCCCCCC(=O)NCC1. The lowest BCUT2D eigenvalue weighted by molar-refractivity contribution is -0.121. The summed E-state index contributed by atoms with van der Waals surface area (Å²) in [6.07, 6.45) is 28.7. The third kappa shape index (κ3) is 19.6. The predicted octanol–water partition coefficient (Wildman–Crippen LogP) is 8.48. The molecule has 1 aliphatic heterocycles. The van der Waals surface area contributed by atoms with E-state index in [0.717, 1.165) is 38.0 Å². The summed E-state index contributed by atoms with van der Waals surface area (Å²) in [6, 6.07) is 0. The average molecular weight is 451 g/mol. The van der Waals surface area contributed by atoms with Crippen molar-refractivity contribution < 1.29 is 9.63 Å². The second-order valence-electron chi connectivity index (χ2n) is 9.81. The molecule has 0 aromatic rings. The van der Waals surface area contributed by atoms with Gasteiger partial charge in [-0.2, -0.15) is 0 Å². The molecule has 0 unspecified atom stereocenters. The minimum Gasteiger partial charge on any atom is -0.396 e. The number of amides is 1. The van der Waals surface area contributed by atoms with Gasteiger partial charge in [-0.1, -0.05) is 115 Å². The molecule has 0 aliphatic carbocycles. The van der Waals surface area contributed by atoms with Crippen LogP contribution in [0.15, 0.2) is 5.16 Å². The standard InChI is InChI=1S/C28H54N2O2/c1-2-3-4-5-6-7-8-9-12-15-18-21-26-32-30-27-22-19-16-13-10-11-14-17-20-23-28(31)29-25-24-27/h2-26H2,1H3,(H,29,31)/b30-27-. The fourth-order valence-corrected chi connectivity index (χ4v) is 4.47. The molecule has 1 aliphatic rings. The second-order valence-corrected chi connectivity index (χ2v) is 9.81. The summed E-state index contributed by atoms with van der Waals surface area (Å²) in [5, 5.41) is 7.51. The summed E-state index contributed by atoms with van der Waals surface area (Å²) in [4.78, 5) is 17.6. The smallest absolute Gasteiger partial charge is 0.220 e. The number of carbonyl (C=O) groups excluding carboxylic acids is 1. The molecule has 0 spiro atoms. The molecule has 0 radical (unpaired) electrons. The maximum atomic E-state index is 11.9. The van der Waals surface area contributed by atoms with E-state index in [1.165, 1.54) is 116 Å². The van der Waals surface area contributed by atoms with Crippen molar-refractivity contribution in [2.75, 3.05) is 13.2 Å². The molecule has 32 heavy (non-hydrogen) atoms. The zero-order valence-corrected chi connectivity index (χ0v) is 21.4. The van der Waals surface area contributed by atoms with E-state index in [2.05, 4.69) is 17.4 Å². The topological polar surface area (TPSA) is 50.7 Å². The molecule has 1 fully saturated rings. The first-order chi connectivity index (χ1) is 15.8. The van der Waals surface area contributed by atoms with E-state index in [4.69, 9.17) is 4.84 Å². The van der Waals surface area contributed by atoms with E-state index >= 15 is 0 Å². The van der Waals surface area contributed by atoms with Crippen LogP contribution >= 0.6 is 0 Å². The summed E-state index contributed by atoms with van der Waals surface area (Å²) in [6.45, 7) is 3.71. The minimum absolute atomic E-state index is 0.191. The van der Waals surface area contributed by atoms with Gasteiger partial charge in [-0.3, -0.25) is 4.79 Å². The zero-order valence-electron chi connectivity index (χ0n) is 21.4. The molecule has 1 N–H and O–H groups in total. The molecule has 0 bridgehead atoms. The molecule has 1 amide bonds. The Labute approximate surface area is 199 Å². The fraction of sp³-hybridized carbons (Fsp3) is 0.929. The number of hydrogen-bond acceptors (Lipinski definition) is 3. The van der Waals surface area contributed by atoms with Crippen LogP contribution in [0.2, 0.25) is 0 Å². The van der Waals surface area contributed by atoms with Crippen LogP contribution in [-0.4, -0.2) is 24.8 Å². The van der Waals surface area contributed by atoms with Gasteiger partial charge in [0.05, 0.1) is 5.71 Å². The molecule has 0 aromatic heterocycles. The van der Waals surface area contributed by atoms with Gasteiger partial charge < -0.3 is 10.2 Å². The Morgan fingerprint density at radius 2 is 1.16 bits per heavy atom. The Morgan fingerprint density at radius 3 is 1.75 bits per heavy atom. The normalized spacial score (nSPS) is 18.7. The molecule has 4 heteroatoms. The van der Waals surface area contributed by atoms with Gasteiger partial charge in [0, 0.05) is 19.4 Å². The van der Waals surface area contributed by atoms with E-state index in [9.17, 15) is 4.79 Å². The van der Waals surface area contributed by atoms with Gasteiger partial charge >= 0.3 is 0 Å². The van der Waals surface area contributed by atoms with E-state index < -0.39 is 0 Å². The highest BCUT2D eigenvalue weighted by Gasteiger charge is 2.06. The molecule has 188 valence electrons. The molecule has 0 aromatic carbocycles. The third-order valence-electron chi connectivity index (χ3n) is 6.64. The van der Waals surface area contributed by atoms with Crippen molar-refractivity contribution in [1.29, 1.82) is 0 Å². The maximum Gasteiger partial charge on any atom is 0.220 e. The Balaban J connectivity index is 2.08. The quantitative estimate of drug-likeness (QED) is 0.213. The number of rotatable bonds is 14. The van der Waals surface area contributed by atoms with Gasteiger partial charge in [-0.15, -0.1) is 0 Å². The van der Waals surface area contributed by atoms with Gasteiger partial charge in [0.15, 0.2) is 0 Å². The molecule has 0 saturated carbocycles. The number of hydrogen-bond donors (Lipinski definition) is 1. The fourth-order valence-electron chi connectivity index (χ4n) is 4.47. The van der Waals surface area contributed by atoms with Crippen LogP contribution in [0.25, 0.3) is 0 Å². The third-order valence-corrected chi connectivity index (χ3v) is 6.64. The lowest BCUT2D eigenvalue weighted by Gasteiger charge is -2.08. The van der Waals surface area contributed by atoms with Gasteiger partial charge in [0.25, 0.3) is 0 Å². The Hall–Kier alpha value is -1.06. The van der Waals surface area contributed by atoms with E-state index in [1.807, 2.05) is 0 Å². The van der Waals surface area contributed by atoms with Crippen molar-refractivity contribution in [3.8, 4) is 0 Å². The van der Waals surface area contributed by atoms with Crippen molar-refractivity contribution in [2.24, 2.45) is 5.16 Å². The van der Waals surface area contributed by atoms with Crippen molar-refractivity contribution in [2.45, 2.75) is 155 Å². The zero-order chi connectivity index (χ0) is 23.0. The molecule has 4 nitrogen and oxygen atoms in total. The highest BCUT2D eigenvalue weighted by Crippen LogP contribution is 2.13. The first-order valence-corrected chi connectivity index (χ1v) is 14.3. The van der Waals surface area contributed by atoms with E-state index in [1.54, 1.807) is 0 Å². The minimum atomic E-state index is 0.191. The van der Waals surface area contributed by atoms with Crippen LogP contribution in [0.5, 0.6) is 0 Å². The first-order valence-electron chi connectivity index (χ1n) is 14.3. The monoisotopic (exact) mass is 450 g/mol. The second kappa shape index (κ2) is 23.1. The highest BCUT2D eigenvalue weighted by atomic mass is 16.6. The highest BCUT2D eigenvalue weighted by molar-refractivity contribution is 5.84. The summed E-state index contributed by atoms with van der Waals surface area (Å²) in [5.74, 6) is 0.191. The molecular formula is C28H54N2O2. The van der Waals surface area contributed by atoms with Crippen LogP contribution in [0.1, 0.15) is 155 Å². The lowest BCUT2D eigenvalue weighted by atomic mass is 10.0. The maximum absolute atomic E-state index is 11.9. The number of nitrogens with one attached hydrogen (secondary N) is 1. The van der Waals surface area contributed by atoms with Crippen LogP contribution in [0, 0.1) is 0 Å². The summed E-state index contributed by atoms with van der Waals surface area (Å²) in [5.41, 5.74) is 1.12. The number of nitrogens with zero attached hydrogens (tertiary/aromatic N) is 1. The Morgan fingerprint density at radius 1 is 0.656 bits per heavy atom. The van der Waals surface area contributed by atoms with Gasteiger partial charge in [0.1, 0.15) is 6.61 Å². The number of oxime groups is 1. The molecular weight excluding hydrogens is 396 g/mol.